The first-order valence-electron chi connectivity index (χ1n) is 7.38. The third-order valence-electron chi connectivity index (χ3n) is 3.48. The third-order valence-corrected chi connectivity index (χ3v) is 3.91. The van der Waals surface area contributed by atoms with E-state index >= 15 is 0 Å². The van der Waals surface area contributed by atoms with E-state index in [1.807, 2.05) is 13.1 Å². The fraction of sp³-hybridized carbons (Fsp3) is 0.600. The fourth-order valence-electron chi connectivity index (χ4n) is 2.37. The zero-order valence-corrected chi connectivity index (χ0v) is 14.1. The van der Waals surface area contributed by atoms with Crippen LogP contribution in [0.4, 0.5) is 5.82 Å². The molecular formula is C15H22BrN3O2. The summed E-state index contributed by atoms with van der Waals surface area (Å²) < 4.78 is 6.40. The summed E-state index contributed by atoms with van der Waals surface area (Å²) >= 11 is 3.38. The molecular weight excluding hydrogens is 334 g/mol. The van der Waals surface area contributed by atoms with Crippen molar-refractivity contribution in [1.29, 1.82) is 0 Å². The fourth-order valence-corrected chi connectivity index (χ4v) is 2.70. The number of amides is 1. The van der Waals surface area contributed by atoms with Crippen molar-refractivity contribution in [1.82, 2.24) is 9.88 Å². The summed E-state index contributed by atoms with van der Waals surface area (Å²) in [6.07, 6.45) is 4.95. The van der Waals surface area contributed by atoms with Crippen LogP contribution in [0.3, 0.4) is 0 Å². The second kappa shape index (κ2) is 7.75. The summed E-state index contributed by atoms with van der Waals surface area (Å²) in [6.45, 7) is 4.30. The molecule has 2 rings (SSSR count). The number of aromatic nitrogens is 1. The Hall–Kier alpha value is -1.14. The number of carbonyl (C=O) groups is 1. The topological polar surface area (TPSA) is 54.5 Å². The van der Waals surface area contributed by atoms with Crippen molar-refractivity contribution in [3.05, 3.63) is 22.3 Å². The highest BCUT2D eigenvalue weighted by Crippen LogP contribution is 2.21. The SMILES string of the molecule is CCCNc1ncc(Br)cc1C(=O)N(C)CC1CCCO1. The highest BCUT2D eigenvalue weighted by atomic mass is 79.9. The molecule has 1 fully saturated rings. The Morgan fingerprint density at radius 3 is 3.10 bits per heavy atom. The number of carbonyl (C=O) groups excluding carboxylic acids is 1. The van der Waals surface area contributed by atoms with Gasteiger partial charge in [-0.1, -0.05) is 6.92 Å². The number of ether oxygens (including phenoxy) is 1. The number of likely N-dealkylation sites (N-methyl/N-ethyl adjacent to an activating group) is 1. The molecule has 1 aliphatic rings. The molecule has 116 valence electrons. The molecule has 1 aromatic heterocycles. The van der Waals surface area contributed by atoms with Crippen LogP contribution in [0.5, 0.6) is 0 Å². The normalized spacial score (nSPS) is 17.8. The average Bonchev–Trinajstić information content (AvgIpc) is 2.98. The molecule has 0 bridgehead atoms. The Labute approximate surface area is 134 Å². The van der Waals surface area contributed by atoms with Gasteiger partial charge in [-0.2, -0.15) is 0 Å². The first-order valence-corrected chi connectivity index (χ1v) is 8.17. The molecule has 0 radical (unpaired) electrons. The van der Waals surface area contributed by atoms with E-state index in [4.69, 9.17) is 4.74 Å². The zero-order valence-electron chi connectivity index (χ0n) is 12.6. The zero-order chi connectivity index (χ0) is 15.2. The monoisotopic (exact) mass is 355 g/mol. The number of rotatable bonds is 6. The highest BCUT2D eigenvalue weighted by molar-refractivity contribution is 9.10. The molecule has 6 heteroatoms. The predicted molar refractivity (Wildman–Crippen MR) is 86.7 cm³/mol. The summed E-state index contributed by atoms with van der Waals surface area (Å²) in [5.74, 6) is 0.613. The van der Waals surface area contributed by atoms with Crippen LogP contribution in [0, 0.1) is 0 Å². The van der Waals surface area contributed by atoms with E-state index < -0.39 is 0 Å². The molecule has 5 nitrogen and oxygen atoms in total. The summed E-state index contributed by atoms with van der Waals surface area (Å²) in [6, 6.07) is 1.82. The summed E-state index contributed by atoms with van der Waals surface area (Å²) in [5.41, 5.74) is 0.596. The molecule has 1 atom stereocenters. The molecule has 1 amide bonds. The van der Waals surface area contributed by atoms with Crippen LogP contribution in [-0.2, 0) is 4.74 Å². The number of hydrogen-bond acceptors (Lipinski definition) is 4. The molecule has 1 N–H and O–H groups in total. The van der Waals surface area contributed by atoms with Crippen molar-refractivity contribution in [3.63, 3.8) is 0 Å². The molecule has 0 spiro atoms. The Morgan fingerprint density at radius 1 is 1.62 bits per heavy atom. The van der Waals surface area contributed by atoms with Gasteiger partial charge in [0.1, 0.15) is 5.82 Å². The maximum absolute atomic E-state index is 12.6. The smallest absolute Gasteiger partial charge is 0.257 e. The van der Waals surface area contributed by atoms with Gasteiger partial charge in [-0.15, -0.1) is 0 Å². The van der Waals surface area contributed by atoms with Crippen molar-refractivity contribution in [2.75, 3.05) is 32.1 Å². The van der Waals surface area contributed by atoms with E-state index in [1.165, 1.54) is 0 Å². The van der Waals surface area contributed by atoms with Crippen molar-refractivity contribution in [2.45, 2.75) is 32.3 Å². The van der Waals surface area contributed by atoms with Gasteiger partial charge in [-0.05, 0) is 41.3 Å². The number of pyridine rings is 1. The van der Waals surface area contributed by atoms with Gasteiger partial charge in [0.15, 0.2) is 0 Å². The number of nitrogens with zero attached hydrogens (tertiary/aromatic N) is 2. The van der Waals surface area contributed by atoms with Crippen LogP contribution in [0.15, 0.2) is 16.7 Å². The lowest BCUT2D eigenvalue weighted by Gasteiger charge is -2.22. The summed E-state index contributed by atoms with van der Waals surface area (Å²) in [4.78, 5) is 18.7. The lowest BCUT2D eigenvalue weighted by molar-refractivity contribution is 0.0587. The van der Waals surface area contributed by atoms with Crippen LogP contribution in [-0.4, -0.2) is 48.6 Å². The van der Waals surface area contributed by atoms with Gasteiger partial charge >= 0.3 is 0 Å². The average molecular weight is 356 g/mol. The van der Waals surface area contributed by atoms with Crippen molar-refractivity contribution in [3.8, 4) is 0 Å². The van der Waals surface area contributed by atoms with Gasteiger partial charge < -0.3 is 15.0 Å². The molecule has 1 saturated heterocycles. The molecule has 0 aliphatic carbocycles. The first kappa shape index (κ1) is 16.2. The maximum Gasteiger partial charge on any atom is 0.257 e. The van der Waals surface area contributed by atoms with Crippen molar-refractivity contribution in [2.24, 2.45) is 0 Å². The first-order chi connectivity index (χ1) is 10.1. The van der Waals surface area contributed by atoms with Gasteiger partial charge in [0.2, 0.25) is 0 Å². The molecule has 21 heavy (non-hydrogen) atoms. The quantitative estimate of drug-likeness (QED) is 0.852. The number of nitrogens with one attached hydrogen (secondary N) is 1. The third kappa shape index (κ3) is 4.41. The lowest BCUT2D eigenvalue weighted by atomic mass is 10.2. The Kier molecular flexibility index (Phi) is 5.99. The maximum atomic E-state index is 12.6. The predicted octanol–water partition coefficient (Wildman–Crippen LogP) is 2.92. The van der Waals surface area contributed by atoms with Gasteiger partial charge in [-0.25, -0.2) is 4.98 Å². The minimum absolute atomic E-state index is 0.0297. The van der Waals surface area contributed by atoms with E-state index in [1.54, 1.807) is 11.1 Å². The molecule has 1 unspecified atom stereocenters. The summed E-state index contributed by atoms with van der Waals surface area (Å²) in [7, 11) is 1.81. The standard InChI is InChI=1S/C15H22BrN3O2/c1-3-6-17-14-13(8-11(16)9-18-14)15(20)19(2)10-12-5-4-7-21-12/h8-9,12H,3-7,10H2,1-2H3,(H,17,18). The Bertz CT molecular complexity index is 490. The van der Waals surface area contributed by atoms with Crippen LogP contribution in [0.2, 0.25) is 0 Å². The second-order valence-corrected chi connectivity index (χ2v) is 6.21. The lowest BCUT2D eigenvalue weighted by Crippen LogP contribution is -2.34. The molecule has 0 aromatic carbocycles. The van der Waals surface area contributed by atoms with Crippen LogP contribution in [0.1, 0.15) is 36.5 Å². The van der Waals surface area contributed by atoms with Gasteiger partial charge in [0.25, 0.3) is 5.91 Å². The molecule has 1 aliphatic heterocycles. The van der Waals surface area contributed by atoms with E-state index in [0.29, 0.717) is 17.9 Å². The second-order valence-electron chi connectivity index (χ2n) is 5.30. The number of hydrogen-bond donors (Lipinski definition) is 1. The van der Waals surface area contributed by atoms with Gasteiger partial charge in [0.05, 0.1) is 11.7 Å². The molecule has 0 saturated carbocycles. The van der Waals surface area contributed by atoms with E-state index in [2.05, 4.69) is 33.2 Å². The van der Waals surface area contributed by atoms with E-state index in [9.17, 15) is 4.79 Å². The Morgan fingerprint density at radius 2 is 2.43 bits per heavy atom. The molecule has 1 aromatic rings. The minimum Gasteiger partial charge on any atom is -0.376 e. The largest absolute Gasteiger partial charge is 0.376 e. The van der Waals surface area contributed by atoms with Crippen molar-refractivity contribution >= 4 is 27.7 Å². The molecule has 2 heterocycles. The summed E-state index contributed by atoms with van der Waals surface area (Å²) in [5, 5.41) is 3.21. The van der Waals surface area contributed by atoms with E-state index in [-0.39, 0.29) is 12.0 Å². The van der Waals surface area contributed by atoms with Gasteiger partial charge in [0, 0.05) is 37.4 Å². The number of halogens is 1. The van der Waals surface area contributed by atoms with Gasteiger partial charge in [-0.3, -0.25) is 4.79 Å². The number of anilines is 1. The van der Waals surface area contributed by atoms with Crippen LogP contribution < -0.4 is 5.32 Å². The van der Waals surface area contributed by atoms with Crippen molar-refractivity contribution < 1.29 is 9.53 Å². The minimum atomic E-state index is -0.0297. The van der Waals surface area contributed by atoms with Crippen LogP contribution >= 0.6 is 15.9 Å². The van der Waals surface area contributed by atoms with E-state index in [0.717, 1.165) is 36.9 Å². The van der Waals surface area contributed by atoms with Crippen LogP contribution in [0.25, 0.3) is 0 Å². The highest BCUT2D eigenvalue weighted by Gasteiger charge is 2.23. The Balaban J connectivity index is 2.10.